The number of anilines is 2. The van der Waals surface area contributed by atoms with Crippen molar-refractivity contribution in [3.05, 3.63) is 70.4 Å². The predicted molar refractivity (Wildman–Crippen MR) is 113 cm³/mol. The average Bonchev–Trinajstić information content (AvgIpc) is 3.27. The van der Waals surface area contributed by atoms with Gasteiger partial charge in [-0.3, -0.25) is 4.79 Å². The summed E-state index contributed by atoms with van der Waals surface area (Å²) in [5.41, 5.74) is 0.872. The Labute approximate surface area is 176 Å². The first-order valence-corrected chi connectivity index (χ1v) is 10.4. The van der Waals surface area contributed by atoms with E-state index in [9.17, 15) is 14.0 Å². The summed E-state index contributed by atoms with van der Waals surface area (Å²) in [5.74, 6) is -0.849. The van der Waals surface area contributed by atoms with Crippen molar-refractivity contribution in [1.29, 1.82) is 0 Å². The molecule has 0 radical (unpaired) electrons. The Morgan fingerprint density at radius 3 is 2.40 bits per heavy atom. The molecule has 30 heavy (non-hydrogen) atoms. The fourth-order valence-corrected chi connectivity index (χ4v) is 4.19. The maximum Gasteiger partial charge on any atom is 0.321 e. The number of nitrogens with one attached hydrogen (secondary N) is 2. The monoisotopic (exact) mass is 425 g/mol. The van der Waals surface area contributed by atoms with E-state index in [-0.39, 0.29) is 22.6 Å². The van der Waals surface area contributed by atoms with Gasteiger partial charge in [-0.1, -0.05) is 41.7 Å². The van der Waals surface area contributed by atoms with E-state index in [1.807, 2.05) is 30.3 Å². The summed E-state index contributed by atoms with van der Waals surface area (Å²) in [6.45, 7) is 1.19. The van der Waals surface area contributed by atoms with Crippen molar-refractivity contribution < 1.29 is 14.0 Å². The van der Waals surface area contributed by atoms with E-state index in [2.05, 4.69) is 20.8 Å². The lowest BCUT2D eigenvalue weighted by Gasteiger charge is -2.30. The second-order valence-electron chi connectivity index (χ2n) is 6.94. The summed E-state index contributed by atoms with van der Waals surface area (Å²) in [6.07, 6.45) is 1.48. The van der Waals surface area contributed by atoms with Crippen LogP contribution in [-0.2, 0) is 0 Å². The number of carbonyl (C=O) groups excluding carboxylic acids is 2. The van der Waals surface area contributed by atoms with Crippen molar-refractivity contribution in [2.45, 2.75) is 18.8 Å². The van der Waals surface area contributed by atoms with Crippen molar-refractivity contribution in [1.82, 2.24) is 15.1 Å². The number of hydrogen-bond donors (Lipinski definition) is 2. The van der Waals surface area contributed by atoms with Crippen molar-refractivity contribution >= 4 is 34.6 Å². The SMILES string of the molecule is O=C(Nc1ccccc1F)c1nnc(C2CCN(C(=O)Nc3ccccc3)CC2)s1. The van der Waals surface area contributed by atoms with Gasteiger partial charge in [0.15, 0.2) is 0 Å². The molecule has 9 heteroatoms. The normalized spacial score (nSPS) is 14.4. The first-order valence-electron chi connectivity index (χ1n) is 9.60. The van der Waals surface area contributed by atoms with E-state index in [1.165, 1.54) is 23.5 Å². The topological polar surface area (TPSA) is 87.2 Å². The standard InChI is InChI=1S/C21H20FN5O2S/c22-16-8-4-5-9-17(16)24-18(28)20-26-25-19(30-20)14-10-12-27(13-11-14)21(29)23-15-6-2-1-3-7-15/h1-9,14H,10-13H2,(H,23,29)(H,24,28). The molecule has 1 saturated heterocycles. The number of carbonyl (C=O) groups is 2. The van der Waals surface area contributed by atoms with Crippen molar-refractivity contribution in [2.24, 2.45) is 0 Å². The van der Waals surface area contributed by atoms with Crippen LogP contribution in [0.15, 0.2) is 54.6 Å². The molecule has 3 amide bonds. The molecule has 0 bridgehead atoms. The Morgan fingerprint density at radius 1 is 0.967 bits per heavy atom. The molecule has 7 nitrogen and oxygen atoms in total. The number of likely N-dealkylation sites (tertiary alicyclic amines) is 1. The van der Waals surface area contributed by atoms with E-state index in [4.69, 9.17) is 0 Å². The lowest BCUT2D eigenvalue weighted by atomic mass is 9.98. The highest BCUT2D eigenvalue weighted by Crippen LogP contribution is 2.30. The zero-order valence-corrected chi connectivity index (χ0v) is 16.9. The number of aromatic nitrogens is 2. The van der Waals surface area contributed by atoms with Crippen molar-refractivity contribution in [2.75, 3.05) is 23.7 Å². The third-order valence-electron chi connectivity index (χ3n) is 4.91. The van der Waals surface area contributed by atoms with Gasteiger partial charge < -0.3 is 15.5 Å². The lowest BCUT2D eigenvalue weighted by molar-refractivity contribution is 0.102. The van der Waals surface area contributed by atoms with Gasteiger partial charge in [-0.2, -0.15) is 0 Å². The van der Waals surface area contributed by atoms with E-state index >= 15 is 0 Å². The predicted octanol–water partition coefficient (Wildman–Crippen LogP) is 4.34. The van der Waals surface area contributed by atoms with Crippen molar-refractivity contribution in [3.8, 4) is 0 Å². The second-order valence-corrected chi connectivity index (χ2v) is 7.95. The molecule has 2 heterocycles. The highest BCUT2D eigenvalue weighted by molar-refractivity contribution is 7.13. The van der Waals surface area contributed by atoms with Gasteiger partial charge in [0.2, 0.25) is 5.01 Å². The third-order valence-corrected chi connectivity index (χ3v) is 6.00. The zero-order chi connectivity index (χ0) is 20.9. The smallest absolute Gasteiger partial charge is 0.321 e. The Balaban J connectivity index is 1.32. The average molecular weight is 425 g/mol. The maximum atomic E-state index is 13.7. The summed E-state index contributed by atoms with van der Waals surface area (Å²) in [4.78, 5) is 26.5. The van der Waals surface area contributed by atoms with Gasteiger partial charge in [-0.25, -0.2) is 9.18 Å². The van der Waals surface area contributed by atoms with E-state index in [1.54, 1.807) is 17.0 Å². The fourth-order valence-electron chi connectivity index (χ4n) is 3.28. The highest BCUT2D eigenvalue weighted by atomic mass is 32.1. The molecule has 0 atom stereocenters. The largest absolute Gasteiger partial charge is 0.324 e. The number of amides is 3. The summed E-state index contributed by atoms with van der Waals surface area (Å²) >= 11 is 1.21. The van der Waals surface area contributed by atoms with Gasteiger partial charge in [0.1, 0.15) is 10.8 Å². The first-order chi connectivity index (χ1) is 14.6. The van der Waals surface area contributed by atoms with Crippen molar-refractivity contribution in [3.63, 3.8) is 0 Å². The number of urea groups is 1. The van der Waals surface area contributed by atoms with Crippen LogP contribution in [0.25, 0.3) is 0 Å². The summed E-state index contributed by atoms with van der Waals surface area (Å²) in [7, 11) is 0. The lowest BCUT2D eigenvalue weighted by Crippen LogP contribution is -2.40. The molecule has 4 rings (SSSR count). The zero-order valence-electron chi connectivity index (χ0n) is 16.0. The molecule has 154 valence electrons. The molecular weight excluding hydrogens is 405 g/mol. The Kier molecular flexibility index (Phi) is 5.99. The second kappa shape index (κ2) is 9.00. The molecule has 0 spiro atoms. The molecule has 1 aliphatic rings. The number of piperidine rings is 1. The fraction of sp³-hybridized carbons (Fsp3) is 0.238. The van der Waals surface area contributed by atoms with Gasteiger partial charge in [0, 0.05) is 24.7 Å². The number of rotatable bonds is 4. The van der Waals surface area contributed by atoms with Crippen LogP contribution >= 0.6 is 11.3 Å². The number of hydrogen-bond acceptors (Lipinski definition) is 5. The van der Waals surface area contributed by atoms with Crippen LogP contribution in [0.4, 0.5) is 20.6 Å². The molecule has 2 aromatic carbocycles. The van der Waals surface area contributed by atoms with E-state index in [0.29, 0.717) is 13.1 Å². The highest BCUT2D eigenvalue weighted by Gasteiger charge is 2.27. The van der Waals surface area contributed by atoms with Gasteiger partial charge in [0.25, 0.3) is 5.91 Å². The number of halogens is 1. The van der Waals surface area contributed by atoms with Crippen LogP contribution in [-0.4, -0.2) is 40.1 Å². The number of para-hydroxylation sites is 2. The van der Waals surface area contributed by atoms with E-state index < -0.39 is 11.7 Å². The Bertz CT molecular complexity index is 1030. The molecule has 0 aliphatic carbocycles. The number of nitrogens with zero attached hydrogens (tertiary/aromatic N) is 3. The van der Waals surface area contributed by atoms with Crippen LogP contribution in [0.5, 0.6) is 0 Å². The number of benzene rings is 2. The summed E-state index contributed by atoms with van der Waals surface area (Å²) in [5, 5.41) is 14.5. The maximum absolute atomic E-state index is 13.7. The Hall–Kier alpha value is -3.33. The van der Waals surface area contributed by atoms with Gasteiger partial charge in [-0.05, 0) is 37.1 Å². The Morgan fingerprint density at radius 2 is 1.67 bits per heavy atom. The van der Waals surface area contributed by atoms with Crippen LogP contribution in [0.3, 0.4) is 0 Å². The molecule has 2 N–H and O–H groups in total. The van der Waals surface area contributed by atoms with Gasteiger partial charge in [0.05, 0.1) is 5.69 Å². The minimum Gasteiger partial charge on any atom is -0.324 e. The first kappa shape index (κ1) is 20.0. The summed E-state index contributed by atoms with van der Waals surface area (Å²) in [6, 6.07) is 15.2. The molecule has 0 unspecified atom stereocenters. The molecule has 1 aromatic heterocycles. The molecule has 1 fully saturated rings. The third kappa shape index (κ3) is 4.62. The van der Waals surface area contributed by atoms with E-state index in [0.717, 1.165) is 23.5 Å². The minimum atomic E-state index is -0.503. The van der Waals surface area contributed by atoms with Crippen LogP contribution in [0.1, 0.15) is 33.6 Å². The summed E-state index contributed by atoms with van der Waals surface area (Å²) < 4.78 is 13.7. The van der Waals surface area contributed by atoms with Gasteiger partial charge in [-0.15, -0.1) is 10.2 Å². The minimum absolute atomic E-state index is 0.108. The van der Waals surface area contributed by atoms with Crippen LogP contribution < -0.4 is 10.6 Å². The van der Waals surface area contributed by atoms with Crippen LogP contribution in [0.2, 0.25) is 0 Å². The molecule has 0 saturated carbocycles. The molecular formula is C21H20FN5O2S. The quantitative estimate of drug-likeness (QED) is 0.651. The molecule has 3 aromatic rings. The van der Waals surface area contributed by atoms with Crippen LogP contribution in [0, 0.1) is 5.82 Å². The molecule has 1 aliphatic heterocycles. The van der Waals surface area contributed by atoms with Gasteiger partial charge >= 0.3 is 6.03 Å².